The first-order chi connectivity index (χ1) is 14.1. The Hall–Kier alpha value is -2.89. The molecule has 0 unspecified atom stereocenters. The van der Waals surface area contributed by atoms with Gasteiger partial charge in [0.05, 0.1) is 5.92 Å². The predicted molar refractivity (Wildman–Crippen MR) is 110 cm³/mol. The fraction of sp³-hybridized carbons (Fsp3) is 0.391. The van der Waals surface area contributed by atoms with Crippen molar-refractivity contribution >= 4 is 17.5 Å². The molecule has 2 aliphatic heterocycles. The minimum absolute atomic E-state index is 0.134. The Balaban J connectivity index is 1.35. The summed E-state index contributed by atoms with van der Waals surface area (Å²) in [5, 5.41) is 0. The molecular formula is C23H26FN3O2. The summed E-state index contributed by atoms with van der Waals surface area (Å²) in [6.45, 7) is 4.04. The lowest BCUT2D eigenvalue weighted by Gasteiger charge is -2.39. The van der Waals surface area contributed by atoms with Gasteiger partial charge in [0.15, 0.2) is 0 Å². The second-order valence-electron chi connectivity index (χ2n) is 7.75. The van der Waals surface area contributed by atoms with Gasteiger partial charge in [0.25, 0.3) is 5.91 Å². The van der Waals surface area contributed by atoms with Gasteiger partial charge in [-0.1, -0.05) is 24.3 Å². The third-order valence-corrected chi connectivity index (χ3v) is 5.84. The molecular weight excluding hydrogens is 369 g/mol. The number of hydrogen-bond donors (Lipinski definition) is 0. The lowest BCUT2D eigenvalue weighted by atomic mass is 9.95. The van der Waals surface area contributed by atoms with Gasteiger partial charge in [0.2, 0.25) is 5.91 Å². The van der Waals surface area contributed by atoms with E-state index in [0.29, 0.717) is 31.7 Å². The highest BCUT2D eigenvalue weighted by molar-refractivity contribution is 5.94. The topological polar surface area (TPSA) is 43.9 Å². The molecule has 29 heavy (non-hydrogen) atoms. The quantitative estimate of drug-likeness (QED) is 0.803. The second-order valence-corrected chi connectivity index (χ2v) is 7.75. The number of nitrogens with zero attached hydrogens (tertiary/aromatic N) is 3. The lowest BCUT2D eigenvalue weighted by Crippen LogP contribution is -2.53. The number of rotatable bonds is 3. The Morgan fingerprint density at radius 2 is 1.62 bits per heavy atom. The zero-order valence-corrected chi connectivity index (χ0v) is 16.5. The Morgan fingerprint density at radius 3 is 2.34 bits per heavy atom. The van der Waals surface area contributed by atoms with E-state index < -0.39 is 5.82 Å². The van der Waals surface area contributed by atoms with Crippen LogP contribution >= 0.6 is 0 Å². The molecule has 2 aromatic rings. The summed E-state index contributed by atoms with van der Waals surface area (Å²) >= 11 is 0. The van der Waals surface area contributed by atoms with Crippen molar-refractivity contribution < 1.29 is 14.0 Å². The molecule has 2 amide bonds. The zero-order chi connectivity index (χ0) is 20.2. The van der Waals surface area contributed by atoms with Gasteiger partial charge >= 0.3 is 0 Å². The van der Waals surface area contributed by atoms with Crippen LogP contribution in [0.5, 0.6) is 0 Å². The molecule has 6 heteroatoms. The van der Waals surface area contributed by atoms with Crippen LogP contribution in [0.4, 0.5) is 10.1 Å². The van der Waals surface area contributed by atoms with Crippen LogP contribution in [-0.2, 0) is 4.79 Å². The number of amides is 2. The monoisotopic (exact) mass is 395 g/mol. The summed E-state index contributed by atoms with van der Waals surface area (Å²) in [6.07, 6.45) is 1.59. The number of carbonyl (C=O) groups is 2. The van der Waals surface area contributed by atoms with Crippen LogP contribution in [0.3, 0.4) is 0 Å². The second kappa shape index (κ2) is 8.64. The first-order valence-corrected chi connectivity index (χ1v) is 10.3. The van der Waals surface area contributed by atoms with E-state index in [1.165, 1.54) is 17.8 Å². The standard InChI is InChI=1S/C23H26FN3O2/c24-20-8-4-6-18(16-20)22(28)27-11-5-7-19(17-27)23(29)26-14-12-25(13-15-26)21-9-2-1-3-10-21/h1-4,6,8-10,16,19H,5,7,11-15,17H2/t19-/m1/s1. The van der Waals surface area contributed by atoms with Crippen molar-refractivity contribution in [2.75, 3.05) is 44.2 Å². The molecule has 4 rings (SSSR count). The molecule has 0 N–H and O–H groups in total. The maximum atomic E-state index is 13.5. The highest BCUT2D eigenvalue weighted by Crippen LogP contribution is 2.23. The molecule has 0 saturated carbocycles. The van der Waals surface area contributed by atoms with E-state index in [1.54, 1.807) is 17.0 Å². The van der Waals surface area contributed by atoms with E-state index in [9.17, 15) is 14.0 Å². The van der Waals surface area contributed by atoms with Crippen LogP contribution in [0.15, 0.2) is 54.6 Å². The molecule has 2 aromatic carbocycles. The Kier molecular flexibility index (Phi) is 5.79. The van der Waals surface area contributed by atoms with E-state index in [-0.39, 0.29) is 17.7 Å². The van der Waals surface area contributed by atoms with E-state index in [4.69, 9.17) is 0 Å². The van der Waals surface area contributed by atoms with Gasteiger partial charge in [-0.25, -0.2) is 4.39 Å². The number of anilines is 1. The number of benzene rings is 2. The minimum Gasteiger partial charge on any atom is -0.368 e. The Morgan fingerprint density at radius 1 is 0.862 bits per heavy atom. The van der Waals surface area contributed by atoms with Crippen molar-refractivity contribution in [3.8, 4) is 0 Å². The van der Waals surface area contributed by atoms with Gasteiger partial charge in [-0.2, -0.15) is 0 Å². The highest BCUT2D eigenvalue weighted by atomic mass is 19.1. The van der Waals surface area contributed by atoms with Gasteiger partial charge in [-0.15, -0.1) is 0 Å². The molecule has 0 aromatic heterocycles. The molecule has 0 spiro atoms. The number of piperazine rings is 1. The molecule has 1 atom stereocenters. The number of para-hydroxylation sites is 1. The first kappa shape index (κ1) is 19.4. The molecule has 0 radical (unpaired) electrons. The van der Waals surface area contributed by atoms with Crippen LogP contribution in [-0.4, -0.2) is 60.9 Å². The van der Waals surface area contributed by atoms with Crippen molar-refractivity contribution in [1.82, 2.24) is 9.80 Å². The molecule has 0 aliphatic carbocycles. The third-order valence-electron chi connectivity index (χ3n) is 5.84. The van der Waals surface area contributed by atoms with E-state index >= 15 is 0 Å². The number of halogens is 1. The average molecular weight is 395 g/mol. The van der Waals surface area contributed by atoms with Gasteiger partial charge in [-0.3, -0.25) is 9.59 Å². The fourth-order valence-electron chi connectivity index (χ4n) is 4.25. The number of likely N-dealkylation sites (tertiary alicyclic amines) is 1. The summed E-state index contributed by atoms with van der Waals surface area (Å²) in [4.78, 5) is 31.7. The maximum absolute atomic E-state index is 13.5. The molecule has 5 nitrogen and oxygen atoms in total. The largest absolute Gasteiger partial charge is 0.368 e. The predicted octanol–water partition coefficient (Wildman–Crippen LogP) is 3.03. The van der Waals surface area contributed by atoms with Crippen molar-refractivity contribution in [3.05, 3.63) is 66.0 Å². The van der Waals surface area contributed by atoms with Gasteiger partial charge in [0.1, 0.15) is 5.82 Å². The number of hydrogen-bond acceptors (Lipinski definition) is 3. The summed E-state index contributed by atoms with van der Waals surface area (Å²) < 4.78 is 13.5. The number of carbonyl (C=O) groups excluding carboxylic acids is 2. The number of piperidine rings is 1. The maximum Gasteiger partial charge on any atom is 0.253 e. The van der Waals surface area contributed by atoms with Crippen molar-refractivity contribution in [2.45, 2.75) is 12.8 Å². The molecule has 2 aliphatic rings. The van der Waals surface area contributed by atoms with Crippen LogP contribution in [0.2, 0.25) is 0 Å². The normalized spacial score (nSPS) is 19.9. The van der Waals surface area contributed by atoms with Crippen molar-refractivity contribution in [3.63, 3.8) is 0 Å². The Bertz CT molecular complexity index is 865. The smallest absolute Gasteiger partial charge is 0.253 e. The zero-order valence-electron chi connectivity index (χ0n) is 16.5. The van der Waals surface area contributed by atoms with Crippen LogP contribution in [0.1, 0.15) is 23.2 Å². The van der Waals surface area contributed by atoms with Gasteiger partial charge in [-0.05, 0) is 43.2 Å². The van der Waals surface area contributed by atoms with Gasteiger partial charge in [0, 0.05) is 50.5 Å². The SMILES string of the molecule is O=C(c1cccc(F)c1)N1CCC[C@@H](C(=O)N2CCN(c3ccccc3)CC2)C1. The lowest BCUT2D eigenvalue weighted by molar-refractivity contribution is -0.137. The average Bonchev–Trinajstić information content (AvgIpc) is 2.79. The van der Waals surface area contributed by atoms with Crippen LogP contribution < -0.4 is 4.90 Å². The molecule has 152 valence electrons. The summed E-state index contributed by atoms with van der Waals surface area (Å²) in [5.41, 5.74) is 1.53. The van der Waals surface area contributed by atoms with Crippen molar-refractivity contribution in [1.29, 1.82) is 0 Å². The summed E-state index contributed by atoms with van der Waals surface area (Å²) in [7, 11) is 0. The first-order valence-electron chi connectivity index (χ1n) is 10.3. The van der Waals surface area contributed by atoms with E-state index in [0.717, 1.165) is 25.9 Å². The molecule has 0 bridgehead atoms. The van der Waals surface area contributed by atoms with E-state index in [2.05, 4.69) is 17.0 Å². The molecule has 2 fully saturated rings. The summed E-state index contributed by atoms with van der Waals surface area (Å²) in [6, 6.07) is 16.0. The van der Waals surface area contributed by atoms with Crippen LogP contribution in [0.25, 0.3) is 0 Å². The molecule has 2 heterocycles. The Labute approximate surface area is 170 Å². The van der Waals surface area contributed by atoms with E-state index in [1.807, 2.05) is 23.1 Å². The molecule has 2 saturated heterocycles. The van der Waals surface area contributed by atoms with Crippen LogP contribution in [0, 0.1) is 11.7 Å². The third kappa shape index (κ3) is 4.42. The van der Waals surface area contributed by atoms with Gasteiger partial charge < -0.3 is 14.7 Å². The highest BCUT2D eigenvalue weighted by Gasteiger charge is 2.33. The van der Waals surface area contributed by atoms with Crippen molar-refractivity contribution in [2.24, 2.45) is 5.92 Å². The fourth-order valence-corrected chi connectivity index (χ4v) is 4.25. The summed E-state index contributed by atoms with van der Waals surface area (Å²) in [5.74, 6) is -0.661. The minimum atomic E-state index is -0.420.